The highest BCUT2D eigenvalue weighted by Crippen LogP contribution is 2.36. The maximum atomic E-state index is 11.7. The molecule has 1 aliphatic heterocycles. The van der Waals surface area contributed by atoms with E-state index in [0.717, 1.165) is 17.5 Å². The smallest absolute Gasteiger partial charge is 0.318 e. The first-order valence-corrected chi connectivity index (χ1v) is 9.41. The molecule has 1 unspecified atom stereocenters. The van der Waals surface area contributed by atoms with Crippen molar-refractivity contribution < 1.29 is 18.3 Å². The van der Waals surface area contributed by atoms with Gasteiger partial charge in [-0.15, -0.1) is 0 Å². The Morgan fingerprint density at radius 1 is 1.41 bits per heavy atom. The molecule has 5 nitrogen and oxygen atoms in total. The number of aliphatic carboxylic acids is 1. The van der Waals surface area contributed by atoms with Gasteiger partial charge in [-0.1, -0.05) is 23.2 Å². The molecule has 8 heteroatoms. The fourth-order valence-electron chi connectivity index (χ4n) is 2.78. The van der Waals surface area contributed by atoms with Gasteiger partial charge >= 0.3 is 5.97 Å². The molecule has 0 amide bonds. The third-order valence-corrected chi connectivity index (χ3v) is 5.87. The van der Waals surface area contributed by atoms with Crippen LogP contribution in [-0.2, 0) is 21.1 Å². The number of hydrogen-bond donors (Lipinski definition) is 1. The van der Waals surface area contributed by atoms with Crippen LogP contribution in [0.25, 0.3) is 0 Å². The quantitative estimate of drug-likeness (QED) is 0.866. The minimum atomic E-state index is -3.59. The van der Waals surface area contributed by atoms with Crippen LogP contribution >= 0.6 is 23.2 Å². The van der Waals surface area contributed by atoms with Gasteiger partial charge in [-0.05, 0) is 36.6 Å². The Labute approximate surface area is 139 Å². The summed E-state index contributed by atoms with van der Waals surface area (Å²) in [5.74, 6) is -2.33. The Morgan fingerprint density at radius 3 is 2.73 bits per heavy atom. The molecule has 0 saturated carbocycles. The number of nitrogens with zero attached hydrogens (tertiary/aromatic N) is 1. The monoisotopic (exact) mass is 365 g/mol. The van der Waals surface area contributed by atoms with E-state index in [9.17, 15) is 13.2 Å². The number of carboxylic acid groups (broad SMARTS) is 1. The van der Waals surface area contributed by atoms with Crippen molar-refractivity contribution in [2.75, 3.05) is 24.6 Å². The van der Waals surface area contributed by atoms with Crippen LogP contribution in [0, 0.1) is 0 Å². The average Bonchev–Trinajstić information content (AvgIpc) is 2.35. The molecule has 122 valence electrons. The minimum absolute atomic E-state index is 0.0338. The zero-order chi connectivity index (χ0) is 16.5. The number of sulfone groups is 1. The van der Waals surface area contributed by atoms with Gasteiger partial charge in [0.2, 0.25) is 0 Å². The van der Waals surface area contributed by atoms with Gasteiger partial charge in [0.05, 0.1) is 5.75 Å². The molecule has 0 aromatic heterocycles. The predicted molar refractivity (Wildman–Crippen MR) is 86.4 cm³/mol. The number of rotatable bonds is 5. The van der Waals surface area contributed by atoms with Crippen LogP contribution in [0.4, 0.5) is 0 Å². The van der Waals surface area contributed by atoms with E-state index in [1.54, 1.807) is 6.07 Å². The van der Waals surface area contributed by atoms with Crippen LogP contribution in [0.2, 0.25) is 10.0 Å². The maximum Gasteiger partial charge on any atom is 0.318 e. The van der Waals surface area contributed by atoms with Gasteiger partial charge < -0.3 is 5.11 Å². The molecule has 0 saturated heterocycles. The fraction of sp³-hybridized carbons (Fsp3) is 0.500. The lowest BCUT2D eigenvalue weighted by Crippen LogP contribution is -2.38. The second-order valence-corrected chi connectivity index (χ2v) is 8.44. The van der Waals surface area contributed by atoms with Crippen molar-refractivity contribution in [2.45, 2.75) is 19.4 Å². The molecule has 1 aliphatic rings. The first-order valence-electron chi connectivity index (χ1n) is 6.83. The molecule has 1 heterocycles. The van der Waals surface area contributed by atoms with Crippen molar-refractivity contribution in [3.05, 3.63) is 33.3 Å². The molecule has 22 heavy (non-hydrogen) atoms. The number of carbonyl (C=O) groups is 1. The Bertz CT molecular complexity index is 690. The molecule has 1 atom stereocenters. The number of carboxylic acids is 1. The Kier molecular flexibility index (Phi) is 5.37. The topological polar surface area (TPSA) is 74.7 Å². The fourth-order valence-corrected chi connectivity index (χ4v) is 4.50. The highest BCUT2D eigenvalue weighted by atomic mass is 35.5. The molecule has 0 spiro atoms. The van der Waals surface area contributed by atoms with Crippen molar-refractivity contribution in [1.29, 1.82) is 0 Å². The summed E-state index contributed by atoms with van der Waals surface area (Å²) < 4.78 is 23.4. The average molecular weight is 366 g/mol. The van der Waals surface area contributed by atoms with E-state index in [1.807, 2.05) is 17.9 Å². The molecule has 0 bridgehead atoms. The number of benzene rings is 1. The SMILES string of the molecule is CC1c2c(Cl)cc(Cl)cc2CCN1CCS(=O)(=O)CC(=O)O. The summed E-state index contributed by atoms with van der Waals surface area (Å²) in [6.45, 7) is 2.93. The summed E-state index contributed by atoms with van der Waals surface area (Å²) >= 11 is 12.3. The van der Waals surface area contributed by atoms with Gasteiger partial charge in [0.25, 0.3) is 0 Å². The van der Waals surface area contributed by atoms with Crippen molar-refractivity contribution in [3.63, 3.8) is 0 Å². The lowest BCUT2D eigenvalue weighted by Gasteiger charge is -2.35. The maximum absolute atomic E-state index is 11.7. The second-order valence-electron chi connectivity index (χ2n) is 5.41. The molecule has 0 fully saturated rings. The lowest BCUT2D eigenvalue weighted by molar-refractivity contribution is -0.134. The minimum Gasteiger partial charge on any atom is -0.480 e. The van der Waals surface area contributed by atoms with Crippen molar-refractivity contribution in [2.24, 2.45) is 0 Å². The van der Waals surface area contributed by atoms with Gasteiger partial charge in [0.15, 0.2) is 9.84 Å². The van der Waals surface area contributed by atoms with E-state index in [0.29, 0.717) is 16.6 Å². The molecule has 1 N–H and O–H groups in total. The highest BCUT2D eigenvalue weighted by molar-refractivity contribution is 7.92. The van der Waals surface area contributed by atoms with Crippen molar-refractivity contribution in [1.82, 2.24) is 4.90 Å². The Morgan fingerprint density at radius 2 is 2.09 bits per heavy atom. The van der Waals surface area contributed by atoms with Crippen LogP contribution in [0.1, 0.15) is 24.1 Å². The van der Waals surface area contributed by atoms with Crippen LogP contribution < -0.4 is 0 Å². The summed E-state index contributed by atoms with van der Waals surface area (Å²) in [7, 11) is -3.59. The van der Waals surface area contributed by atoms with Crippen molar-refractivity contribution in [3.8, 4) is 0 Å². The second kappa shape index (κ2) is 6.74. The summed E-state index contributed by atoms with van der Waals surface area (Å²) in [4.78, 5) is 12.5. The van der Waals surface area contributed by atoms with Crippen LogP contribution in [0.5, 0.6) is 0 Å². The number of hydrogen-bond acceptors (Lipinski definition) is 4. The zero-order valence-corrected chi connectivity index (χ0v) is 14.4. The molecule has 2 rings (SSSR count). The molecule has 0 aliphatic carbocycles. The molecule has 1 aromatic rings. The Hall–Kier alpha value is -0.820. The Balaban J connectivity index is 2.11. The molecule has 0 radical (unpaired) electrons. The van der Waals surface area contributed by atoms with E-state index in [1.165, 1.54) is 0 Å². The van der Waals surface area contributed by atoms with Gasteiger partial charge in [-0.2, -0.15) is 0 Å². The van der Waals surface area contributed by atoms with Crippen molar-refractivity contribution >= 4 is 39.0 Å². The van der Waals surface area contributed by atoms with Crippen LogP contribution in [0.15, 0.2) is 12.1 Å². The first-order chi connectivity index (χ1) is 10.2. The van der Waals surface area contributed by atoms with E-state index in [2.05, 4.69) is 0 Å². The van der Waals surface area contributed by atoms with Gasteiger partial charge in [-0.3, -0.25) is 9.69 Å². The largest absolute Gasteiger partial charge is 0.480 e. The summed E-state index contributed by atoms with van der Waals surface area (Å²) in [5.41, 5.74) is 2.04. The van der Waals surface area contributed by atoms with Crippen LogP contribution in [0.3, 0.4) is 0 Å². The van der Waals surface area contributed by atoms with E-state index < -0.39 is 21.6 Å². The zero-order valence-electron chi connectivity index (χ0n) is 12.1. The molecular formula is C14H17Cl2NO4S. The lowest BCUT2D eigenvalue weighted by atomic mass is 9.93. The highest BCUT2D eigenvalue weighted by Gasteiger charge is 2.27. The van der Waals surface area contributed by atoms with Crippen LogP contribution in [-0.4, -0.2) is 49.0 Å². The summed E-state index contributed by atoms with van der Waals surface area (Å²) in [6.07, 6.45) is 0.735. The van der Waals surface area contributed by atoms with E-state index in [-0.39, 0.29) is 18.3 Å². The summed E-state index contributed by atoms with van der Waals surface area (Å²) in [6, 6.07) is 3.54. The number of halogens is 2. The van der Waals surface area contributed by atoms with Gasteiger partial charge in [0, 0.05) is 29.2 Å². The third kappa shape index (κ3) is 4.13. The van der Waals surface area contributed by atoms with Gasteiger partial charge in [0.1, 0.15) is 5.75 Å². The van der Waals surface area contributed by atoms with E-state index in [4.69, 9.17) is 28.3 Å². The third-order valence-electron chi connectivity index (χ3n) is 3.85. The van der Waals surface area contributed by atoms with Gasteiger partial charge in [-0.25, -0.2) is 8.42 Å². The molecular weight excluding hydrogens is 349 g/mol. The first kappa shape index (κ1) is 17.5. The predicted octanol–water partition coefficient (Wildman–Crippen LogP) is 2.41. The normalized spacial score (nSPS) is 19.0. The number of fused-ring (bicyclic) bond motifs is 1. The molecule has 1 aromatic carbocycles. The van der Waals surface area contributed by atoms with E-state index >= 15 is 0 Å². The summed E-state index contributed by atoms with van der Waals surface area (Å²) in [5, 5.41) is 9.78. The standard InChI is InChI=1S/C14H17Cl2NO4S/c1-9-14-10(6-11(15)7-12(14)16)2-3-17(9)4-5-22(20,21)8-13(18)19/h6-7,9H,2-5,8H2,1H3,(H,18,19).